The van der Waals surface area contributed by atoms with Crippen LogP contribution in [0.15, 0.2) is 170 Å². The summed E-state index contributed by atoms with van der Waals surface area (Å²) in [4.78, 5) is 0. The minimum Gasteiger partial charge on any atom is -0.0764 e. The maximum atomic E-state index is 4.03. The molecular weight excluding hydrogens is 673 g/mol. The zero-order chi connectivity index (χ0) is 37.2. The first kappa shape index (κ1) is 31.5. The molecule has 14 rings (SSSR count). The molecule has 0 saturated carbocycles. The van der Waals surface area contributed by atoms with E-state index in [-0.39, 0.29) is 11.8 Å². The smallest absolute Gasteiger partial charge is 0.0764 e. The molecule has 8 aromatic carbocycles. The number of hydrogen-bond acceptors (Lipinski definition) is 0. The highest BCUT2D eigenvalue weighted by Crippen LogP contribution is 2.60. The molecule has 0 radical (unpaired) electrons. The fraction of sp³-hybridized carbons (Fsp3) is 0.107. The van der Waals surface area contributed by atoms with Crippen molar-refractivity contribution in [1.29, 1.82) is 0 Å². The molecule has 6 aliphatic rings. The van der Waals surface area contributed by atoms with Gasteiger partial charge in [0.15, 0.2) is 0 Å². The Morgan fingerprint density at radius 3 is 1.11 bits per heavy atom. The summed E-state index contributed by atoms with van der Waals surface area (Å²) in [5.74, 6) is 16.2. The van der Waals surface area contributed by atoms with Crippen LogP contribution in [0, 0.1) is 37.5 Å². The molecule has 260 valence electrons. The zero-order valence-electron chi connectivity index (χ0n) is 31.3. The van der Waals surface area contributed by atoms with E-state index in [4.69, 9.17) is 0 Å². The van der Waals surface area contributed by atoms with Crippen LogP contribution in [-0.4, -0.2) is 0 Å². The highest BCUT2D eigenvalue weighted by Gasteiger charge is 2.52. The summed E-state index contributed by atoms with van der Waals surface area (Å²) in [6.07, 6.45) is 0. The van der Waals surface area contributed by atoms with Gasteiger partial charge in [-0.3, -0.25) is 0 Å². The van der Waals surface area contributed by atoms with E-state index in [1.54, 1.807) is 0 Å². The summed E-state index contributed by atoms with van der Waals surface area (Å²) in [6.45, 7) is 4.40. The van der Waals surface area contributed by atoms with Crippen LogP contribution in [0.3, 0.4) is 0 Å². The molecule has 0 unspecified atom stereocenters. The molecule has 56 heavy (non-hydrogen) atoms. The maximum Gasteiger partial charge on any atom is 0.107 e. The average Bonchev–Trinajstić information content (AvgIpc) is 3.25. The Balaban J connectivity index is 1.11. The fourth-order valence-electron chi connectivity index (χ4n) is 11.0. The van der Waals surface area contributed by atoms with Gasteiger partial charge in [0.05, 0.1) is 0 Å². The van der Waals surface area contributed by atoms with Crippen molar-refractivity contribution in [1.82, 2.24) is 0 Å². The lowest BCUT2D eigenvalue weighted by Gasteiger charge is -2.48. The molecule has 6 aliphatic carbocycles. The van der Waals surface area contributed by atoms with Crippen LogP contribution in [0.25, 0.3) is 10.8 Å². The monoisotopic (exact) mass is 708 g/mol. The van der Waals surface area contributed by atoms with Gasteiger partial charge in [-0.15, -0.1) is 0 Å². The van der Waals surface area contributed by atoms with Gasteiger partial charge in [-0.05, 0) is 98.1 Å². The molecule has 0 nitrogen and oxygen atoms in total. The van der Waals surface area contributed by atoms with Crippen molar-refractivity contribution in [3.05, 3.63) is 259 Å². The van der Waals surface area contributed by atoms with Crippen LogP contribution in [0.5, 0.6) is 0 Å². The van der Waals surface area contributed by atoms with Gasteiger partial charge in [0.25, 0.3) is 0 Å². The van der Waals surface area contributed by atoms with Crippen molar-refractivity contribution >= 4 is 10.8 Å². The van der Waals surface area contributed by atoms with E-state index in [1.165, 1.54) is 77.9 Å². The second-order valence-electron chi connectivity index (χ2n) is 16.1. The van der Waals surface area contributed by atoms with E-state index in [0.717, 1.165) is 21.9 Å². The van der Waals surface area contributed by atoms with Crippen molar-refractivity contribution in [3.63, 3.8) is 0 Å². The van der Waals surface area contributed by atoms with Gasteiger partial charge in [-0.1, -0.05) is 193 Å². The predicted molar refractivity (Wildman–Crippen MR) is 227 cm³/mol. The third-order valence-electron chi connectivity index (χ3n) is 13.2. The van der Waals surface area contributed by atoms with E-state index >= 15 is 0 Å². The minimum atomic E-state index is -0.596. The summed E-state index contributed by atoms with van der Waals surface area (Å²) < 4.78 is 0. The van der Waals surface area contributed by atoms with Crippen molar-refractivity contribution in [2.24, 2.45) is 0 Å². The summed E-state index contributed by atoms with van der Waals surface area (Å²) in [6, 6.07) is 63.0. The Labute approximate surface area is 328 Å². The van der Waals surface area contributed by atoms with Crippen molar-refractivity contribution in [3.8, 4) is 23.7 Å². The third-order valence-corrected chi connectivity index (χ3v) is 13.2. The van der Waals surface area contributed by atoms with Gasteiger partial charge in [0.2, 0.25) is 0 Å². The summed E-state index contributed by atoms with van der Waals surface area (Å²) >= 11 is 0. The summed E-state index contributed by atoms with van der Waals surface area (Å²) in [5.41, 5.74) is 19.3. The van der Waals surface area contributed by atoms with E-state index in [1.807, 2.05) is 0 Å². The second kappa shape index (κ2) is 11.3. The van der Waals surface area contributed by atoms with Crippen molar-refractivity contribution < 1.29 is 0 Å². The van der Waals surface area contributed by atoms with E-state index in [9.17, 15) is 0 Å². The van der Waals surface area contributed by atoms with Gasteiger partial charge < -0.3 is 0 Å². The second-order valence-corrected chi connectivity index (χ2v) is 16.1. The van der Waals surface area contributed by atoms with E-state index in [0.29, 0.717) is 0 Å². The lowest BCUT2D eigenvalue weighted by molar-refractivity contribution is 0.665. The van der Waals surface area contributed by atoms with Crippen LogP contribution in [-0.2, 0) is 10.8 Å². The van der Waals surface area contributed by atoms with Crippen LogP contribution in [0.1, 0.15) is 101 Å². The normalized spacial score (nSPS) is 20.9. The molecule has 8 aromatic rings. The molecule has 0 heterocycles. The van der Waals surface area contributed by atoms with Gasteiger partial charge in [-0.2, -0.15) is 0 Å². The van der Waals surface area contributed by atoms with Crippen LogP contribution in [0.2, 0.25) is 0 Å². The molecule has 0 amide bonds. The largest absolute Gasteiger partial charge is 0.107 e. The molecule has 0 aliphatic heterocycles. The molecule has 0 N–H and O–H groups in total. The standard InChI is InChI=1S/C56H36/c1-35-25-27-44-50(33-35)55(46-21-7-3-17-40(46)53(44)41-18-4-8-22-47(41)55)31-29-38-15-11-13-37-14-12-16-39(52(37)38)30-32-56-48-23-9-5-19-42(48)54(43-20-6-10-24-49(43)56)45-28-26-36(2)34-51(45)56/h3-28,33-34,53-54H,1-2H3. The molecule has 0 saturated heterocycles. The number of hydrogen-bond donors (Lipinski definition) is 0. The highest BCUT2D eigenvalue weighted by molar-refractivity contribution is 5.94. The first-order valence-corrected chi connectivity index (χ1v) is 19.8. The molecule has 0 atom stereocenters. The molecule has 0 heteroatoms. The highest BCUT2D eigenvalue weighted by atomic mass is 14.5. The van der Waals surface area contributed by atoms with Gasteiger partial charge >= 0.3 is 0 Å². The third kappa shape index (κ3) is 3.96. The first-order chi connectivity index (χ1) is 27.6. The fourth-order valence-corrected chi connectivity index (χ4v) is 11.0. The van der Waals surface area contributed by atoms with Gasteiger partial charge in [0, 0.05) is 28.3 Å². The Bertz CT molecular complexity index is 2840. The minimum absolute atomic E-state index is 0.208. The Hall–Kier alpha value is -6.86. The number of aryl methyl sites for hydroxylation is 2. The predicted octanol–water partition coefficient (Wildman–Crippen LogP) is 11.8. The average molecular weight is 709 g/mol. The number of rotatable bonds is 0. The zero-order valence-corrected chi connectivity index (χ0v) is 31.3. The van der Waals surface area contributed by atoms with Crippen LogP contribution in [0.4, 0.5) is 0 Å². The first-order valence-electron chi connectivity index (χ1n) is 19.8. The topological polar surface area (TPSA) is 0 Å². The van der Waals surface area contributed by atoms with Crippen molar-refractivity contribution in [2.45, 2.75) is 36.5 Å². The van der Waals surface area contributed by atoms with Crippen LogP contribution < -0.4 is 0 Å². The van der Waals surface area contributed by atoms with Crippen LogP contribution >= 0.6 is 0 Å². The molecular formula is C56H36. The Morgan fingerprint density at radius 2 is 0.714 bits per heavy atom. The maximum absolute atomic E-state index is 4.03. The summed E-state index contributed by atoms with van der Waals surface area (Å²) in [7, 11) is 0. The molecule has 0 spiro atoms. The quantitative estimate of drug-likeness (QED) is 0.138. The molecule has 4 bridgehead atoms. The number of fused-ring (bicyclic) bond motifs is 1. The van der Waals surface area contributed by atoms with Gasteiger partial charge in [-0.25, -0.2) is 0 Å². The SMILES string of the molecule is Cc1ccc2c(c1)C1(C#Cc3cccc4cccc(C#CC56c7ccccc7C(c7ccccc75)c5ccc(C)cc56)c34)c3ccccc3C2c2ccccc21. The lowest BCUT2D eigenvalue weighted by Crippen LogP contribution is -2.41. The van der Waals surface area contributed by atoms with E-state index in [2.05, 4.69) is 207 Å². The van der Waals surface area contributed by atoms with Crippen molar-refractivity contribution in [2.75, 3.05) is 0 Å². The summed E-state index contributed by atoms with van der Waals surface area (Å²) in [5, 5.41) is 2.25. The molecule has 0 aromatic heterocycles. The lowest BCUT2D eigenvalue weighted by atomic mass is 9.53. The Kier molecular flexibility index (Phi) is 6.37. The van der Waals surface area contributed by atoms with Gasteiger partial charge in [0.1, 0.15) is 10.8 Å². The van der Waals surface area contributed by atoms with E-state index < -0.39 is 10.8 Å². The Morgan fingerprint density at radius 1 is 0.357 bits per heavy atom. The number of benzene rings is 8. The molecule has 0 fully saturated rings.